The van der Waals surface area contributed by atoms with Crippen molar-refractivity contribution in [2.24, 2.45) is 0 Å². The molecule has 1 aliphatic rings. The van der Waals surface area contributed by atoms with Crippen molar-refractivity contribution in [3.05, 3.63) is 0 Å². The van der Waals surface area contributed by atoms with Gasteiger partial charge in [-0.1, -0.05) is 15.9 Å². The molecule has 0 bridgehead atoms. The lowest BCUT2D eigenvalue weighted by atomic mass is 9.92. The number of ether oxygens (including phenoxy) is 1. The van der Waals surface area contributed by atoms with Crippen molar-refractivity contribution >= 4 is 21.8 Å². The summed E-state index contributed by atoms with van der Waals surface area (Å²) in [5, 5.41) is 3.07. The van der Waals surface area contributed by atoms with E-state index in [4.69, 9.17) is 4.74 Å². The van der Waals surface area contributed by atoms with E-state index in [0.717, 1.165) is 26.1 Å². The number of carbonyl (C=O) groups is 1. The molecule has 1 saturated heterocycles. The van der Waals surface area contributed by atoms with Crippen molar-refractivity contribution < 1.29 is 9.53 Å². The largest absolute Gasteiger partial charge is 0.381 e. The highest BCUT2D eigenvalue weighted by molar-refractivity contribution is 9.10. The average Bonchev–Trinajstić information content (AvgIpc) is 2.02. The molecule has 0 unspecified atom stereocenters. The van der Waals surface area contributed by atoms with Gasteiger partial charge >= 0.3 is 0 Å². The lowest BCUT2D eigenvalue weighted by Crippen LogP contribution is -2.53. The molecule has 0 aliphatic carbocycles. The third-order valence-electron chi connectivity index (χ3n) is 2.55. The van der Waals surface area contributed by atoms with Crippen LogP contribution in [-0.2, 0) is 9.53 Å². The summed E-state index contributed by atoms with van der Waals surface area (Å²) in [6, 6.07) is 0. The molecule has 0 spiro atoms. The third-order valence-corrected chi connectivity index (χ3v) is 2.91. The Hall–Kier alpha value is -0.0900. The molecule has 0 radical (unpaired) electrons. The van der Waals surface area contributed by atoms with Crippen molar-refractivity contribution in [2.45, 2.75) is 43.5 Å². The minimum Gasteiger partial charge on any atom is -0.381 e. The molecule has 1 fully saturated rings. The van der Waals surface area contributed by atoms with Crippen LogP contribution in [0.4, 0.5) is 0 Å². The Morgan fingerprint density at radius 1 is 1.43 bits per heavy atom. The minimum absolute atomic E-state index is 0.0434. The molecule has 1 aliphatic heterocycles. The van der Waals surface area contributed by atoms with E-state index >= 15 is 0 Å². The Balaban J connectivity index is 2.54. The first-order chi connectivity index (χ1) is 6.33. The minimum atomic E-state index is -0.492. The molecule has 0 aromatic carbocycles. The van der Waals surface area contributed by atoms with Gasteiger partial charge in [0, 0.05) is 18.8 Å². The zero-order valence-electron chi connectivity index (χ0n) is 9.02. The Bertz CT molecular complexity index is 217. The number of amides is 1. The smallest absolute Gasteiger partial charge is 0.236 e. The Morgan fingerprint density at radius 2 is 1.93 bits per heavy atom. The number of alkyl halides is 1. The van der Waals surface area contributed by atoms with Crippen molar-refractivity contribution in [2.75, 3.05) is 13.2 Å². The van der Waals surface area contributed by atoms with E-state index in [9.17, 15) is 4.79 Å². The molecule has 0 atom stereocenters. The molecule has 0 aromatic heterocycles. The van der Waals surface area contributed by atoms with Gasteiger partial charge in [0.15, 0.2) is 0 Å². The van der Waals surface area contributed by atoms with Crippen LogP contribution in [0.25, 0.3) is 0 Å². The normalized spacial score (nSPS) is 21.7. The summed E-state index contributed by atoms with van der Waals surface area (Å²) in [5.41, 5.74) is -0.0969. The van der Waals surface area contributed by atoms with Gasteiger partial charge in [0.05, 0.1) is 4.32 Å². The molecule has 4 heteroatoms. The molecule has 3 nitrogen and oxygen atoms in total. The van der Waals surface area contributed by atoms with Gasteiger partial charge in [0.2, 0.25) is 5.91 Å². The molecule has 1 rings (SSSR count). The van der Waals surface area contributed by atoms with Crippen molar-refractivity contribution in [3.8, 4) is 0 Å². The Morgan fingerprint density at radius 3 is 2.36 bits per heavy atom. The van der Waals surface area contributed by atoms with Crippen LogP contribution in [0, 0.1) is 0 Å². The predicted octanol–water partition coefficient (Wildman–Crippen LogP) is 1.85. The second-order valence-corrected chi connectivity index (χ2v) is 6.58. The summed E-state index contributed by atoms with van der Waals surface area (Å²) in [6.07, 6.45) is 1.78. The van der Waals surface area contributed by atoms with Gasteiger partial charge in [0.25, 0.3) is 0 Å². The first-order valence-electron chi connectivity index (χ1n) is 4.93. The SMILES string of the molecule is CC1(NC(=O)C(C)(C)Br)CCOCC1. The molecule has 14 heavy (non-hydrogen) atoms. The first kappa shape index (κ1) is 12.0. The van der Waals surface area contributed by atoms with Crippen LogP contribution in [0.3, 0.4) is 0 Å². The maximum absolute atomic E-state index is 11.7. The van der Waals surface area contributed by atoms with Crippen molar-refractivity contribution in [1.29, 1.82) is 0 Å². The second-order valence-electron chi connectivity index (χ2n) is 4.60. The molecular weight excluding hydrogens is 246 g/mol. The summed E-state index contributed by atoms with van der Waals surface area (Å²) >= 11 is 3.35. The molecule has 1 amide bonds. The van der Waals surface area contributed by atoms with Crippen LogP contribution in [-0.4, -0.2) is 29.0 Å². The third kappa shape index (κ3) is 3.24. The van der Waals surface area contributed by atoms with Gasteiger partial charge in [-0.15, -0.1) is 0 Å². The standard InChI is InChI=1S/C10H18BrNO2/c1-9(2,11)8(13)12-10(3)4-6-14-7-5-10/h4-7H2,1-3H3,(H,12,13). The van der Waals surface area contributed by atoms with E-state index in [-0.39, 0.29) is 11.4 Å². The topological polar surface area (TPSA) is 38.3 Å². The zero-order chi connectivity index (χ0) is 10.8. The number of carbonyl (C=O) groups excluding carboxylic acids is 1. The summed E-state index contributed by atoms with van der Waals surface area (Å²) in [5.74, 6) is 0.0434. The van der Waals surface area contributed by atoms with E-state index in [0.29, 0.717) is 0 Å². The monoisotopic (exact) mass is 263 g/mol. The molecule has 0 saturated carbocycles. The second kappa shape index (κ2) is 4.19. The van der Waals surface area contributed by atoms with Crippen molar-refractivity contribution in [3.63, 3.8) is 0 Å². The van der Waals surface area contributed by atoms with E-state index in [2.05, 4.69) is 28.2 Å². The number of nitrogens with one attached hydrogen (secondary N) is 1. The lowest BCUT2D eigenvalue weighted by Gasteiger charge is -2.36. The molecule has 82 valence electrons. The van der Waals surface area contributed by atoms with Gasteiger partial charge < -0.3 is 10.1 Å². The van der Waals surface area contributed by atoms with Crippen LogP contribution in [0.5, 0.6) is 0 Å². The summed E-state index contributed by atoms with van der Waals surface area (Å²) < 4.78 is 4.78. The van der Waals surface area contributed by atoms with Crippen LogP contribution < -0.4 is 5.32 Å². The number of hydrogen-bond acceptors (Lipinski definition) is 2. The van der Waals surface area contributed by atoms with Crippen LogP contribution in [0.2, 0.25) is 0 Å². The highest BCUT2D eigenvalue weighted by Gasteiger charge is 2.33. The predicted molar refractivity (Wildman–Crippen MR) is 59.6 cm³/mol. The maximum atomic E-state index is 11.7. The highest BCUT2D eigenvalue weighted by Crippen LogP contribution is 2.23. The molecule has 1 N–H and O–H groups in total. The Kier molecular flexibility index (Phi) is 3.58. The molecule has 1 heterocycles. The zero-order valence-corrected chi connectivity index (χ0v) is 10.6. The summed E-state index contributed by atoms with van der Waals surface area (Å²) in [4.78, 5) is 11.7. The quantitative estimate of drug-likeness (QED) is 0.773. The summed E-state index contributed by atoms with van der Waals surface area (Å²) in [7, 11) is 0. The number of halogens is 1. The maximum Gasteiger partial charge on any atom is 0.236 e. The Labute approximate surface area is 93.7 Å². The van der Waals surface area contributed by atoms with E-state index < -0.39 is 4.32 Å². The first-order valence-corrected chi connectivity index (χ1v) is 5.72. The van der Waals surface area contributed by atoms with Gasteiger partial charge in [-0.25, -0.2) is 0 Å². The van der Waals surface area contributed by atoms with Gasteiger partial charge in [-0.05, 0) is 33.6 Å². The fourth-order valence-corrected chi connectivity index (χ4v) is 1.47. The van der Waals surface area contributed by atoms with E-state index in [1.165, 1.54) is 0 Å². The molecule has 0 aromatic rings. The van der Waals surface area contributed by atoms with Crippen LogP contribution in [0.1, 0.15) is 33.6 Å². The lowest BCUT2D eigenvalue weighted by molar-refractivity contribution is -0.125. The van der Waals surface area contributed by atoms with Gasteiger partial charge in [-0.2, -0.15) is 0 Å². The van der Waals surface area contributed by atoms with E-state index in [1.54, 1.807) is 0 Å². The fourth-order valence-electron chi connectivity index (χ4n) is 1.37. The van der Waals surface area contributed by atoms with Gasteiger partial charge in [-0.3, -0.25) is 4.79 Å². The highest BCUT2D eigenvalue weighted by atomic mass is 79.9. The van der Waals surface area contributed by atoms with Crippen LogP contribution in [0.15, 0.2) is 0 Å². The number of rotatable bonds is 2. The fraction of sp³-hybridized carbons (Fsp3) is 0.900. The van der Waals surface area contributed by atoms with E-state index in [1.807, 2.05) is 13.8 Å². The molecular formula is C10H18BrNO2. The van der Waals surface area contributed by atoms with Gasteiger partial charge in [0.1, 0.15) is 0 Å². The number of hydrogen-bond donors (Lipinski definition) is 1. The van der Waals surface area contributed by atoms with Crippen LogP contribution >= 0.6 is 15.9 Å². The van der Waals surface area contributed by atoms with Crippen molar-refractivity contribution in [1.82, 2.24) is 5.32 Å². The average molecular weight is 264 g/mol. The summed E-state index contributed by atoms with van der Waals surface area (Å²) in [6.45, 7) is 7.25.